The van der Waals surface area contributed by atoms with Gasteiger partial charge in [0, 0.05) is 28.7 Å². The molecule has 2 unspecified atom stereocenters. The molecule has 2 heterocycles. The van der Waals surface area contributed by atoms with Crippen LogP contribution in [-0.4, -0.2) is 21.4 Å². The van der Waals surface area contributed by atoms with Crippen LogP contribution in [0.2, 0.25) is 5.02 Å². The largest absolute Gasteiger partial charge is 0.432 e. The van der Waals surface area contributed by atoms with Crippen molar-refractivity contribution in [1.29, 1.82) is 0 Å². The molecule has 2 aromatic carbocycles. The molecular weight excluding hydrogens is 443 g/mol. The van der Waals surface area contributed by atoms with Crippen LogP contribution >= 0.6 is 11.6 Å². The molecule has 6 nitrogen and oxygen atoms in total. The van der Waals surface area contributed by atoms with Gasteiger partial charge in [-0.3, -0.25) is 4.79 Å². The first-order valence-electron chi connectivity index (χ1n) is 10.7. The summed E-state index contributed by atoms with van der Waals surface area (Å²) in [6.45, 7) is 4.45. The zero-order valence-electron chi connectivity index (χ0n) is 18.3. The van der Waals surface area contributed by atoms with E-state index in [0.29, 0.717) is 29.1 Å². The number of hydrogen-bond acceptors (Lipinski definition) is 6. The average molecular weight is 467 g/mol. The fourth-order valence-electron chi connectivity index (χ4n) is 4.21. The van der Waals surface area contributed by atoms with E-state index in [9.17, 15) is 9.18 Å². The molecule has 1 aromatic heterocycles. The highest BCUT2D eigenvalue weighted by Gasteiger charge is 2.55. The van der Waals surface area contributed by atoms with Crippen LogP contribution in [0.15, 0.2) is 72.7 Å². The topological polar surface area (TPSA) is 67.3 Å². The Morgan fingerprint density at radius 2 is 1.82 bits per heavy atom. The summed E-state index contributed by atoms with van der Waals surface area (Å²) >= 11 is 6.10. The highest BCUT2D eigenvalue weighted by molar-refractivity contribution is 6.30. The molecule has 0 amide bonds. The number of allylic oxidation sites excluding steroid dienone is 1. The van der Waals surface area contributed by atoms with E-state index in [1.54, 1.807) is 30.6 Å². The van der Waals surface area contributed by atoms with Gasteiger partial charge in [0.25, 0.3) is 12.2 Å². The minimum atomic E-state index is -1.48. The van der Waals surface area contributed by atoms with Crippen molar-refractivity contribution in [2.75, 3.05) is 0 Å². The molecule has 4 rings (SSSR count). The molecule has 0 aliphatic carbocycles. The second-order valence-corrected chi connectivity index (χ2v) is 8.19. The number of hydrazine groups is 1. The number of nitrogens with one attached hydrogen (secondary N) is 1. The Bertz CT molecular complexity index is 1140. The minimum Gasteiger partial charge on any atom is -0.432 e. The summed E-state index contributed by atoms with van der Waals surface area (Å²) < 4.78 is 19.7. The van der Waals surface area contributed by atoms with Gasteiger partial charge in [-0.2, -0.15) is 5.01 Å². The number of carbonyl (C=O) groups is 1. The smallest absolute Gasteiger partial charge is 0.295 e. The second-order valence-electron chi connectivity index (χ2n) is 7.75. The molecule has 33 heavy (non-hydrogen) atoms. The van der Waals surface area contributed by atoms with Crippen LogP contribution in [0.4, 0.5) is 4.39 Å². The molecule has 2 atom stereocenters. The Labute approximate surface area is 197 Å². The van der Waals surface area contributed by atoms with Crippen molar-refractivity contribution in [1.82, 2.24) is 20.4 Å². The molecule has 0 radical (unpaired) electrons. The SMILES string of the molecule is CCCC1=C(c2ccc(F)cc2)C(OC=O)(c2ncccn2)N(C(C)c2ccc(Cl)cc2)N1. The Balaban J connectivity index is 1.96. The van der Waals surface area contributed by atoms with E-state index in [-0.39, 0.29) is 17.7 Å². The van der Waals surface area contributed by atoms with E-state index < -0.39 is 5.72 Å². The number of rotatable bonds is 8. The highest BCUT2D eigenvalue weighted by atomic mass is 35.5. The van der Waals surface area contributed by atoms with Gasteiger partial charge in [-0.05, 0) is 54.8 Å². The first-order valence-corrected chi connectivity index (χ1v) is 11.1. The molecule has 0 saturated carbocycles. The number of ether oxygens (including phenoxy) is 1. The number of hydrogen-bond donors (Lipinski definition) is 1. The second kappa shape index (κ2) is 9.68. The van der Waals surface area contributed by atoms with Gasteiger partial charge < -0.3 is 10.2 Å². The number of carbonyl (C=O) groups excluding carboxylic acids is 1. The van der Waals surface area contributed by atoms with Crippen molar-refractivity contribution < 1.29 is 13.9 Å². The van der Waals surface area contributed by atoms with Gasteiger partial charge >= 0.3 is 0 Å². The molecule has 0 saturated heterocycles. The predicted octanol–water partition coefficient (Wildman–Crippen LogP) is 5.39. The van der Waals surface area contributed by atoms with E-state index in [4.69, 9.17) is 16.3 Å². The lowest BCUT2D eigenvalue weighted by atomic mass is 9.90. The van der Waals surface area contributed by atoms with E-state index in [2.05, 4.69) is 22.3 Å². The zero-order valence-corrected chi connectivity index (χ0v) is 19.1. The monoisotopic (exact) mass is 466 g/mol. The summed E-state index contributed by atoms with van der Waals surface area (Å²) in [5, 5.41) is 2.46. The summed E-state index contributed by atoms with van der Waals surface area (Å²) in [5.41, 5.74) is 5.14. The molecule has 0 spiro atoms. The van der Waals surface area contributed by atoms with E-state index in [1.807, 2.05) is 36.2 Å². The lowest BCUT2D eigenvalue weighted by Crippen LogP contribution is -2.51. The summed E-state index contributed by atoms with van der Waals surface area (Å²) in [4.78, 5) is 20.9. The quantitative estimate of drug-likeness (QED) is 0.449. The summed E-state index contributed by atoms with van der Waals surface area (Å²) in [5.74, 6) is -0.0672. The van der Waals surface area contributed by atoms with Crippen LogP contribution in [0.5, 0.6) is 0 Å². The highest BCUT2D eigenvalue weighted by Crippen LogP contribution is 2.49. The fourth-order valence-corrected chi connectivity index (χ4v) is 4.34. The van der Waals surface area contributed by atoms with Crippen LogP contribution in [0, 0.1) is 5.82 Å². The van der Waals surface area contributed by atoms with Crippen molar-refractivity contribution in [2.45, 2.75) is 38.5 Å². The first-order chi connectivity index (χ1) is 16.0. The lowest BCUT2D eigenvalue weighted by Gasteiger charge is -2.40. The van der Waals surface area contributed by atoms with Gasteiger partial charge in [-0.1, -0.05) is 49.2 Å². The lowest BCUT2D eigenvalue weighted by molar-refractivity contribution is -0.168. The van der Waals surface area contributed by atoms with Crippen LogP contribution in [0.1, 0.15) is 49.7 Å². The van der Waals surface area contributed by atoms with Crippen molar-refractivity contribution >= 4 is 23.6 Å². The molecule has 1 aliphatic heterocycles. The Kier molecular flexibility index (Phi) is 6.72. The summed E-state index contributed by atoms with van der Waals surface area (Å²) in [6.07, 6.45) is 4.71. The maximum Gasteiger partial charge on any atom is 0.295 e. The van der Waals surface area contributed by atoms with Gasteiger partial charge in [0.2, 0.25) is 0 Å². The summed E-state index contributed by atoms with van der Waals surface area (Å²) in [6, 6.07) is 15.0. The van der Waals surface area contributed by atoms with E-state index in [1.165, 1.54) is 12.1 Å². The normalized spacial score (nSPS) is 19.3. The predicted molar refractivity (Wildman–Crippen MR) is 124 cm³/mol. The third-order valence-corrected chi connectivity index (χ3v) is 5.95. The third kappa shape index (κ3) is 4.21. The van der Waals surface area contributed by atoms with Gasteiger partial charge in [-0.25, -0.2) is 14.4 Å². The number of halogens is 2. The minimum absolute atomic E-state index is 0.282. The van der Waals surface area contributed by atoms with Crippen LogP contribution < -0.4 is 5.43 Å². The van der Waals surface area contributed by atoms with Crippen LogP contribution in [0.25, 0.3) is 5.57 Å². The summed E-state index contributed by atoms with van der Waals surface area (Å²) in [7, 11) is 0. The average Bonchev–Trinajstić information content (AvgIpc) is 3.15. The fraction of sp³-hybridized carbons (Fsp3) is 0.240. The number of nitrogens with zero attached hydrogens (tertiary/aromatic N) is 3. The van der Waals surface area contributed by atoms with Gasteiger partial charge in [0.15, 0.2) is 5.82 Å². The number of aromatic nitrogens is 2. The molecule has 0 fully saturated rings. The van der Waals surface area contributed by atoms with Crippen molar-refractivity contribution in [3.8, 4) is 0 Å². The molecular formula is C25H24ClFN4O2. The Morgan fingerprint density at radius 1 is 1.15 bits per heavy atom. The van der Waals surface area contributed by atoms with Crippen molar-refractivity contribution in [3.63, 3.8) is 0 Å². The molecule has 1 aliphatic rings. The maximum absolute atomic E-state index is 13.8. The Morgan fingerprint density at radius 3 is 2.42 bits per heavy atom. The first kappa shape index (κ1) is 22.9. The van der Waals surface area contributed by atoms with E-state index in [0.717, 1.165) is 17.7 Å². The van der Waals surface area contributed by atoms with Crippen LogP contribution in [-0.2, 0) is 15.3 Å². The van der Waals surface area contributed by atoms with E-state index >= 15 is 0 Å². The molecule has 8 heteroatoms. The molecule has 1 N–H and O–H groups in total. The van der Waals surface area contributed by atoms with Crippen molar-refractivity contribution in [3.05, 3.63) is 100 Å². The molecule has 170 valence electrons. The third-order valence-electron chi connectivity index (χ3n) is 5.70. The standard InChI is InChI=1S/C25H24ClFN4O2/c1-3-5-22-23(19-8-12-21(27)13-9-19)25(33-16-32,24-28-14-4-15-29-24)31(30-22)17(2)18-6-10-20(26)11-7-18/h4,6-17,30H,3,5H2,1-2H3. The Hall–Kier alpha value is -3.29. The molecule has 3 aromatic rings. The number of benzene rings is 2. The van der Waals surface area contributed by atoms with Crippen molar-refractivity contribution in [2.24, 2.45) is 0 Å². The maximum atomic E-state index is 13.8. The molecule has 0 bridgehead atoms. The van der Waals surface area contributed by atoms with Gasteiger partial charge in [-0.15, -0.1) is 0 Å². The van der Waals surface area contributed by atoms with Gasteiger partial charge in [0.05, 0.1) is 6.04 Å². The van der Waals surface area contributed by atoms with Gasteiger partial charge in [0.1, 0.15) is 5.82 Å². The van der Waals surface area contributed by atoms with Crippen LogP contribution in [0.3, 0.4) is 0 Å². The zero-order chi connectivity index (χ0) is 23.4.